The highest BCUT2D eigenvalue weighted by molar-refractivity contribution is 7.89. The molecule has 0 unspecified atom stereocenters. The monoisotopic (exact) mass is 496 g/mol. The maximum Gasteiger partial charge on any atom is 0.242 e. The molecule has 0 aliphatic carbocycles. The van der Waals surface area contributed by atoms with Crippen molar-refractivity contribution in [2.75, 3.05) is 40.1 Å². The number of carbonyl (C=O) groups excluding carboxylic acids is 1. The predicted molar refractivity (Wildman–Crippen MR) is 139 cm³/mol. The molecule has 186 valence electrons. The van der Waals surface area contributed by atoms with Gasteiger partial charge in [-0.15, -0.1) is 0 Å². The summed E-state index contributed by atoms with van der Waals surface area (Å²) in [5.41, 5.74) is 3.31. The summed E-state index contributed by atoms with van der Waals surface area (Å²) < 4.78 is 30.2. The van der Waals surface area contributed by atoms with Crippen molar-refractivity contribution < 1.29 is 13.2 Å². The van der Waals surface area contributed by atoms with Crippen LogP contribution in [0.2, 0.25) is 0 Å². The van der Waals surface area contributed by atoms with E-state index in [0.29, 0.717) is 11.9 Å². The smallest absolute Gasteiger partial charge is 0.242 e. The largest absolute Gasteiger partial charge is 0.346 e. The molecule has 0 aliphatic rings. The molecule has 4 rings (SSSR count). The number of nitrogens with one attached hydrogen (secondary N) is 1. The van der Waals surface area contributed by atoms with Gasteiger partial charge in [-0.05, 0) is 56.6 Å². The normalized spacial score (nSPS) is 12.3. The van der Waals surface area contributed by atoms with Gasteiger partial charge in [0.05, 0.1) is 15.9 Å². The molecule has 0 saturated heterocycles. The Kier molecular flexibility index (Phi) is 6.98. The number of hydrogen-bond acceptors (Lipinski definition) is 5. The maximum atomic E-state index is 12.6. The second-order valence-corrected chi connectivity index (χ2v) is 11.3. The second kappa shape index (κ2) is 9.80. The van der Waals surface area contributed by atoms with Crippen LogP contribution in [0.25, 0.3) is 21.9 Å². The molecule has 0 fully saturated rings. The Morgan fingerprint density at radius 2 is 1.77 bits per heavy atom. The summed E-state index contributed by atoms with van der Waals surface area (Å²) in [4.78, 5) is 19.6. The number of rotatable bonds is 9. The van der Waals surface area contributed by atoms with Gasteiger partial charge in [0.15, 0.2) is 0 Å². The quantitative estimate of drug-likeness (QED) is 0.385. The fourth-order valence-corrected chi connectivity index (χ4v) is 4.98. The predicted octanol–water partition coefficient (Wildman–Crippen LogP) is 2.91. The highest BCUT2D eigenvalue weighted by atomic mass is 32.2. The summed E-state index contributed by atoms with van der Waals surface area (Å²) in [5, 5.41) is 4.06. The van der Waals surface area contributed by atoms with E-state index in [1.54, 1.807) is 18.2 Å². The molecule has 0 radical (unpaired) electrons. The maximum absolute atomic E-state index is 12.6. The van der Waals surface area contributed by atoms with E-state index >= 15 is 0 Å². The number of nitrogens with zero attached hydrogens (tertiary/aromatic N) is 5. The van der Waals surface area contributed by atoms with Gasteiger partial charge in [-0.3, -0.25) is 4.79 Å². The zero-order valence-electron chi connectivity index (χ0n) is 20.8. The van der Waals surface area contributed by atoms with E-state index in [0.717, 1.165) is 41.0 Å². The Hall–Kier alpha value is -3.21. The van der Waals surface area contributed by atoms with Gasteiger partial charge in [-0.25, -0.2) is 17.7 Å². The number of aromatic nitrogens is 3. The first-order valence-electron chi connectivity index (χ1n) is 11.5. The summed E-state index contributed by atoms with van der Waals surface area (Å²) in [5.74, 6) is 0.627. The molecule has 35 heavy (non-hydrogen) atoms. The number of benzene rings is 2. The van der Waals surface area contributed by atoms with Crippen LogP contribution in [0.3, 0.4) is 0 Å². The Bertz CT molecular complexity index is 1480. The summed E-state index contributed by atoms with van der Waals surface area (Å²) in [6.07, 6.45) is 2.78. The molecule has 0 bridgehead atoms. The minimum atomic E-state index is -3.54. The highest BCUT2D eigenvalue weighted by Crippen LogP contribution is 2.23. The number of aryl methyl sites for hydroxylation is 2. The number of amides is 1. The summed E-state index contributed by atoms with van der Waals surface area (Å²) in [6.45, 7) is 1.86. The minimum Gasteiger partial charge on any atom is -0.346 e. The molecule has 2 aromatic heterocycles. The number of hydrogen-bond donors (Lipinski definition) is 1. The highest BCUT2D eigenvalue weighted by Gasteiger charge is 2.19. The molecule has 4 aromatic rings. The van der Waals surface area contributed by atoms with Crippen LogP contribution in [0.5, 0.6) is 0 Å². The molecule has 10 heteroatoms. The van der Waals surface area contributed by atoms with Crippen LogP contribution >= 0.6 is 0 Å². The van der Waals surface area contributed by atoms with Crippen LogP contribution in [0.1, 0.15) is 12.2 Å². The molecule has 0 spiro atoms. The van der Waals surface area contributed by atoms with Crippen molar-refractivity contribution in [3.63, 3.8) is 0 Å². The van der Waals surface area contributed by atoms with Crippen molar-refractivity contribution in [3.05, 3.63) is 54.5 Å². The summed E-state index contributed by atoms with van der Waals surface area (Å²) in [6, 6.07) is 12.9. The molecule has 2 heterocycles. The molecule has 1 N–H and O–H groups in total. The number of fused-ring (bicyclic) bond motifs is 2. The third-order valence-corrected chi connectivity index (χ3v) is 7.95. The standard InChI is InChI=1S/C25H32N6O3S/c1-28(2)14-15-31-13-12-18-16-19(6-8-22(18)31)26-25(32)11-10-24-27-21-17-20(35(33,34)29(3)4)7-9-23(21)30(24)5/h6-9,12-13,16-17H,10-11,14-15H2,1-5H3,(H,26,32). The molecule has 0 saturated carbocycles. The van der Waals surface area contributed by atoms with Crippen LogP contribution in [-0.4, -0.2) is 72.4 Å². The lowest BCUT2D eigenvalue weighted by Crippen LogP contribution is -2.22. The summed E-state index contributed by atoms with van der Waals surface area (Å²) >= 11 is 0. The average Bonchev–Trinajstić information content (AvgIpc) is 3.35. The lowest BCUT2D eigenvalue weighted by molar-refractivity contribution is -0.116. The fourth-order valence-electron chi connectivity index (χ4n) is 4.05. The van der Waals surface area contributed by atoms with E-state index in [-0.39, 0.29) is 17.2 Å². The minimum absolute atomic E-state index is 0.0979. The molecular weight excluding hydrogens is 464 g/mol. The number of sulfonamides is 1. The van der Waals surface area contributed by atoms with Crippen molar-refractivity contribution in [1.82, 2.24) is 23.3 Å². The van der Waals surface area contributed by atoms with Crippen LogP contribution in [-0.2, 0) is 34.8 Å². The van der Waals surface area contributed by atoms with E-state index in [1.807, 2.05) is 29.8 Å². The number of likely N-dealkylation sites (N-methyl/N-ethyl adjacent to an activating group) is 1. The molecular formula is C25H32N6O3S. The Morgan fingerprint density at radius 1 is 1.03 bits per heavy atom. The van der Waals surface area contributed by atoms with Crippen molar-refractivity contribution in [2.24, 2.45) is 7.05 Å². The average molecular weight is 497 g/mol. The molecule has 1 amide bonds. The van der Waals surface area contributed by atoms with Crippen molar-refractivity contribution >= 4 is 43.6 Å². The van der Waals surface area contributed by atoms with E-state index in [9.17, 15) is 13.2 Å². The lowest BCUT2D eigenvalue weighted by Gasteiger charge is -2.11. The molecule has 9 nitrogen and oxygen atoms in total. The van der Waals surface area contributed by atoms with E-state index in [1.165, 1.54) is 18.4 Å². The first kappa shape index (κ1) is 24.9. The van der Waals surface area contributed by atoms with Crippen LogP contribution < -0.4 is 5.32 Å². The van der Waals surface area contributed by atoms with Gasteiger partial charge in [0.1, 0.15) is 5.82 Å². The third kappa shape index (κ3) is 5.24. The van der Waals surface area contributed by atoms with Crippen LogP contribution in [0.15, 0.2) is 53.6 Å². The Morgan fingerprint density at radius 3 is 2.49 bits per heavy atom. The van der Waals surface area contributed by atoms with Crippen molar-refractivity contribution in [3.8, 4) is 0 Å². The zero-order chi connectivity index (χ0) is 25.3. The number of carbonyl (C=O) groups is 1. The van der Waals surface area contributed by atoms with Gasteiger partial charge in [-0.1, -0.05) is 0 Å². The SMILES string of the molecule is CN(C)CCn1ccc2cc(NC(=O)CCc3nc4cc(S(=O)(=O)N(C)C)ccc4n3C)ccc21. The van der Waals surface area contributed by atoms with Gasteiger partial charge in [0.2, 0.25) is 15.9 Å². The topological polar surface area (TPSA) is 92.5 Å². The van der Waals surface area contributed by atoms with Gasteiger partial charge >= 0.3 is 0 Å². The van der Waals surface area contributed by atoms with Crippen molar-refractivity contribution in [2.45, 2.75) is 24.3 Å². The third-order valence-electron chi connectivity index (χ3n) is 6.14. The van der Waals surface area contributed by atoms with Crippen molar-refractivity contribution in [1.29, 1.82) is 0 Å². The Balaban J connectivity index is 1.43. The lowest BCUT2D eigenvalue weighted by atomic mass is 10.2. The van der Waals surface area contributed by atoms with E-state index in [2.05, 4.69) is 46.1 Å². The molecule has 0 atom stereocenters. The van der Waals surface area contributed by atoms with Crippen LogP contribution in [0, 0.1) is 0 Å². The first-order valence-corrected chi connectivity index (χ1v) is 12.9. The van der Waals surface area contributed by atoms with Gasteiger partial charge in [0, 0.05) is 69.9 Å². The summed E-state index contributed by atoms with van der Waals surface area (Å²) in [7, 11) is 5.45. The van der Waals surface area contributed by atoms with Crippen LogP contribution in [0.4, 0.5) is 5.69 Å². The van der Waals surface area contributed by atoms with E-state index < -0.39 is 10.0 Å². The molecule has 0 aliphatic heterocycles. The number of anilines is 1. The fraction of sp³-hybridized carbons (Fsp3) is 0.360. The van der Waals surface area contributed by atoms with Gasteiger partial charge in [-0.2, -0.15) is 0 Å². The molecule has 2 aromatic carbocycles. The second-order valence-electron chi connectivity index (χ2n) is 9.16. The number of imidazole rings is 1. The van der Waals surface area contributed by atoms with E-state index in [4.69, 9.17) is 0 Å². The van der Waals surface area contributed by atoms with Gasteiger partial charge < -0.3 is 19.4 Å². The zero-order valence-corrected chi connectivity index (χ0v) is 21.6. The first-order chi connectivity index (χ1) is 16.6. The van der Waals surface area contributed by atoms with Gasteiger partial charge in [0.25, 0.3) is 0 Å². The Labute approximate surface area is 206 Å².